The lowest BCUT2D eigenvalue weighted by atomic mass is 9.57. The summed E-state index contributed by atoms with van der Waals surface area (Å²) in [5.74, 6) is 1.41. The molecule has 2 atom stereocenters. The van der Waals surface area contributed by atoms with Crippen LogP contribution in [0, 0.1) is 6.92 Å². The van der Waals surface area contributed by atoms with Crippen LogP contribution in [0.15, 0.2) is 53.7 Å². The van der Waals surface area contributed by atoms with Crippen molar-refractivity contribution in [1.82, 2.24) is 14.3 Å². The highest BCUT2D eigenvalue weighted by Crippen LogP contribution is 2.52. The lowest BCUT2D eigenvalue weighted by Gasteiger charge is -2.51. The van der Waals surface area contributed by atoms with Crippen molar-refractivity contribution in [2.45, 2.75) is 49.1 Å². The third kappa shape index (κ3) is 4.67. The second-order valence-electron chi connectivity index (χ2n) is 10.1. The summed E-state index contributed by atoms with van der Waals surface area (Å²) >= 11 is 6.20. The number of nitrogens with zero attached hydrogens (tertiary/aromatic N) is 2. The molecule has 9 heteroatoms. The van der Waals surface area contributed by atoms with Crippen LogP contribution in [0.2, 0.25) is 5.02 Å². The van der Waals surface area contributed by atoms with E-state index in [0.717, 1.165) is 36.6 Å². The Balaban J connectivity index is 1.32. The van der Waals surface area contributed by atoms with Crippen molar-refractivity contribution >= 4 is 21.6 Å². The number of likely N-dealkylation sites (N-methyl/N-ethyl adjacent to an activating group) is 1. The van der Waals surface area contributed by atoms with Gasteiger partial charge in [0.05, 0.1) is 19.0 Å². The van der Waals surface area contributed by atoms with Crippen LogP contribution >= 0.6 is 11.6 Å². The van der Waals surface area contributed by atoms with Gasteiger partial charge < -0.3 is 14.2 Å². The molecule has 7 nitrogen and oxygen atoms in total. The Morgan fingerprint density at radius 2 is 1.97 bits per heavy atom. The molecule has 2 aliphatic rings. The Kier molecular flexibility index (Phi) is 6.89. The van der Waals surface area contributed by atoms with Crippen molar-refractivity contribution in [3.05, 3.63) is 76.2 Å². The van der Waals surface area contributed by atoms with Crippen molar-refractivity contribution in [3.8, 4) is 5.75 Å². The Labute approximate surface area is 218 Å². The van der Waals surface area contributed by atoms with Gasteiger partial charge in [-0.15, -0.1) is 0 Å². The molecule has 2 heterocycles. The largest absolute Gasteiger partial charge is 0.492 e. The number of ether oxygens (including phenoxy) is 1. The first kappa shape index (κ1) is 25.3. The molecule has 0 saturated heterocycles. The summed E-state index contributed by atoms with van der Waals surface area (Å²) < 4.78 is 35.4. The first-order valence-electron chi connectivity index (χ1n) is 12.5. The molecule has 192 valence electrons. The molecule has 1 fully saturated rings. The van der Waals surface area contributed by atoms with E-state index >= 15 is 0 Å². The van der Waals surface area contributed by atoms with Crippen molar-refractivity contribution < 1.29 is 18.1 Å². The van der Waals surface area contributed by atoms with Crippen LogP contribution in [0.5, 0.6) is 5.75 Å². The monoisotopic (exact) mass is 529 g/mol. The van der Waals surface area contributed by atoms with Gasteiger partial charge in [-0.3, -0.25) is 0 Å². The van der Waals surface area contributed by atoms with Crippen molar-refractivity contribution in [3.63, 3.8) is 0 Å². The molecule has 0 amide bonds. The first-order chi connectivity index (χ1) is 17.2. The number of imidazole rings is 1. The maximum atomic E-state index is 12.5. The fourth-order valence-corrected chi connectivity index (χ4v) is 7.00. The first-order valence-corrected chi connectivity index (χ1v) is 14.4. The maximum absolute atomic E-state index is 12.5. The molecule has 36 heavy (non-hydrogen) atoms. The number of aromatic nitrogens is 2. The van der Waals surface area contributed by atoms with E-state index in [9.17, 15) is 8.42 Å². The maximum Gasteiger partial charge on any atom is 0.259 e. The van der Waals surface area contributed by atoms with Crippen LogP contribution in [0.25, 0.3) is 0 Å². The second kappa shape index (κ2) is 9.82. The van der Waals surface area contributed by atoms with E-state index in [1.54, 1.807) is 18.5 Å². The van der Waals surface area contributed by atoms with Gasteiger partial charge in [-0.05, 0) is 55.2 Å². The van der Waals surface area contributed by atoms with Gasteiger partial charge in [0, 0.05) is 36.8 Å². The molecule has 1 aliphatic heterocycles. The molecule has 3 aromatic rings. The lowest BCUT2D eigenvalue weighted by molar-refractivity contribution is -0.921. The fourth-order valence-electron chi connectivity index (χ4n) is 5.83. The van der Waals surface area contributed by atoms with Crippen LogP contribution in [-0.4, -0.2) is 44.7 Å². The lowest BCUT2D eigenvalue weighted by Crippen LogP contribution is -3.12. The summed E-state index contributed by atoms with van der Waals surface area (Å²) in [6.07, 6.45) is 6.11. The normalized spacial score (nSPS) is 21.0. The number of nitrogens with one attached hydrogen (secondary N) is 2. The number of rotatable bonds is 8. The predicted molar refractivity (Wildman–Crippen MR) is 140 cm³/mol. The fraction of sp³-hybridized carbons (Fsp3) is 0.444. The number of hydrogen-bond donors (Lipinski definition) is 2. The smallest absolute Gasteiger partial charge is 0.259 e. The van der Waals surface area contributed by atoms with Crippen molar-refractivity contribution in [2.75, 3.05) is 26.7 Å². The number of benzene rings is 2. The van der Waals surface area contributed by atoms with Crippen molar-refractivity contribution in [2.24, 2.45) is 7.05 Å². The van der Waals surface area contributed by atoms with E-state index < -0.39 is 10.0 Å². The highest BCUT2D eigenvalue weighted by molar-refractivity contribution is 7.89. The number of hydrogen-bond acceptors (Lipinski definition) is 4. The van der Waals surface area contributed by atoms with Gasteiger partial charge >= 0.3 is 0 Å². The summed E-state index contributed by atoms with van der Waals surface area (Å²) in [6.45, 7) is 3.27. The van der Waals surface area contributed by atoms with Gasteiger partial charge in [0.15, 0.2) is 5.03 Å². The quantitative estimate of drug-likeness (QED) is 0.440. The Morgan fingerprint density at radius 1 is 1.22 bits per heavy atom. The second-order valence-corrected chi connectivity index (χ2v) is 12.3. The van der Waals surface area contributed by atoms with Crippen molar-refractivity contribution in [1.29, 1.82) is 0 Å². The molecular formula is C27H34ClN4O3S+. The minimum absolute atomic E-state index is 0.0260. The summed E-state index contributed by atoms with van der Waals surface area (Å²) in [5.41, 5.74) is 4.18. The van der Waals surface area contributed by atoms with Gasteiger partial charge in [0.1, 0.15) is 24.2 Å². The van der Waals surface area contributed by atoms with E-state index in [2.05, 4.69) is 41.0 Å². The van der Waals surface area contributed by atoms with E-state index in [1.165, 1.54) is 34.2 Å². The van der Waals surface area contributed by atoms with Gasteiger partial charge in [0.2, 0.25) is 0 Å². The van der Waals surface area contributed by atoms with Gasteiger partial charge in [-0.25, -0.2) is 18.1 Å². The van der Waals surface area contributed by atoms with Crippen LogP contribution in [0.1, 0.15) is 47.8 Å². The van der Waals surface area contributed by atoms with Crippen LogP contribution < -0.4 is 14.4 Å². The standard InChI is InChI=1S/C27H33ClN4O3S/c1-19-30-25(18-32(19)3)36(33,34)29-14-16-35-23-10-5-20-11-15-31(2)26(24(20)17-23)27(12-4-13-27)21-6-8-22(28)9-7-21/h5-10,17-18,26,29H,4,11-16H2,1-3H3/p+1. The minimum Gasteiger partial charge on any atom is -0.492 e. The molecule has 5 rings (SSSR count). The zero-order chi connectivity index (χ0) is 25.5. The number of fused-ring (bicyclic) bond motifs is 1. The van der Waals surface area contributed by atoms with E-state index in [0.29, 0.717) is 11.9 Å². The number of quaternary nitrogens is 1. The molecule has 2 N–H and O–H groups in total. The van der Waals surface area contributed by atoms with Crippen LogP contribution in [0.4, 0.5) is 0 Å². The van der Waals surface area contributed by atoms with Crippen LogP contribution in [-0.2, 0) is 28.9 Å². The van der Waals surface area contributed by atoms with E-state index in [4.69, 9.17) is 16.3 Å². The zero-order valence-corrected chi connectivity index (χ0v) is 22.6. The number of sulfonamides is 1. The summed E-state index contributed by atoms with van der Waals surface area (Å²) in [4.78, 5) is 5.63. The van der Waals surface area contributed by atoms with Gasteiger partial charge in [-0.2, -0.15) is 0 Å². The third-order valence-corrected chi connectivity index (χ3v) is 9.54. The zero-order valence-electron chi connectivity index (χ0n) is 21.1. The number of halogens is 1. The van der Waals surface area contributed by atoms with E-state index in [-0.39, 0.29) is 23.6 Å². The molecule has 1 aliphatic carbocycles. The predicted octanol–water partition coefficient (Wildman–Crippen LogP) is 2.97. The average molecular weight is 530 g/mol. The molecule has 0 radical (unpaired) electrons. The SMILES string of the molecule is Cc1nc(S(=O)(=O)NCCOc2ccc3c(c2)C(C2(c4ccc(Cl)cc4)CCC2)[NH+](C)CC3)cn1C. The Bertz CT molecular complexity index is 1330. The highest BCUT2D eigenvalue weighted by Gasteiger charge is 2.52. The summed E-state index contributed by atoms with van der Waals surface area (Å²) in [5, 5.41) is 0.792. The van der Waals surface area contributed by atoms with Crippen LogP contribution in [0.3, 0.4) is 0 Å². The van der Waals surface area contributed by atoms with Gasteiger partial charge in [0.25, 0.3) is 10.0 Å². The molecule has 0 spiro atoms. The molecule has 2 unspecified atom stereocenters. The summed E-state index contributed by atoms with van der Waals surface area (Å²) in [6, 6.07) is 15.1. The molecule has 2 aromatic carbocycles. The average Bonchev–Trinajstić information content (AvgIpc) is 3.17. The third-order valence-electron chi connectivity index (χ3n) is 7.95. The Hall–Kier alpha value is -2.39. The molecule has 1 saturated carbocycles. The molecular weight excluding hydrogens is 496 g/mol. The minimum atomic E-state index is -3.67. The number of aryl methyl sites for hydroxylation is 2. The molecule has 1 aromatic heterocycles. The van der Waals surface area contributed by atoms with Gasteiger partial charge in [-0.1, -0.05) is 36.2 Å². The topological polar surface area (TPSA) is 77.7 Å². The molecule has 0 bridgehead atoms. The summed E-state index contributed by atoms with van der Waals surface area (Å²) in [7, 11) is 0.398. The highest BCUT2D eigenvalue weighted by atomic mass is 35.5. The Morgan fingerprint density at radius 3 is 2.61 bits per heavy atom. The van der Waals surface area contributed by atoms with E-state index in [1.807, 2.05) is 18.2 Å².